The molecule has 0 bridgehead atoms. The van der Waals surface area contributed by atoms with Crippen LogP contribution >= 0.6 is 0 Å². The third kappa shape index (κ3) is 4.14. The first-order valence-electron chi connectivity index (χ1n) is 8.72. The second kappa shape index (κ2) is 7.33. The van der Waals surface area contributed by atoms with E-state index >= 15 is 0 Å². The van der Waals surface area contributed by atoms with Crippen LogP contribution in [-0.2, 0) is 0 Å². The number of piperazine rings is 1. The van der Waals surface area contributed by atoms with Crippen molar-refractivity contribution in [2.75, 3.05) is 39.3 Å². The number of hydrogen-bond acceptors (Lipinski definition) is 4. The van der Waals surface area contributed by atoms with E-state index in [-0.39, 0.29) is 38.1 Å². The summed E-state index contributed by atoms with van der Waals surface area (Å²) < 4.78 is 40.2. The van der Waals surface area contributed by atoms with Crippen LogP contribution in [0.5, 0.6) is 0 Å². The number of rotatable bonds is 3. The zero-order valence-electron chi connectivity index (χ0n) is 14.3. The van der Waals surface area contributed by atoms with Gasteiger partial charge in [0.05, 0.1) is 6.04 Å². The Morgan fingerprint density at radius 2 is 2.04 bits per heavy atom. The summed E-state index contributed by atoms with van der Waals surface area (Å²) in [5.74, 6) is -0.207. The van der Waals surface area contributed by atoms with E-state index in [1.54, 1.807) is 11.0 Å². The normalized spacial score (nSPS) is 24.3. The molecule has 2 saturated heterocycles. The molecule has 3 rings (SSSR count). The van der Waals surface area contributed by atoms with E-state index < -0.39 is 12.2 Å². The average Bonchev–Trinajstić information content (AvgIpc) is 3.11. The summed E-state index contributed by atoms with van der Waals surface area (Å²) in [6.45, 7) is 4.03. The number of aromatic nitrogens is 2. The number of carbonyl (C=O) groups is 1. The van der Waals surface area contributed by atoms with Crippen molar-refractivity contribution in [3.8, 4) is 0 Å². The third-order valence-corrected chi connectivity index (χ3v) is 5.10. The molecule has 2 fully saturated rings. The number of halogens is 3. The van der Waals surface area contributed by atoms with E-state index in [1.807, 2.05) is 10.9 Å². The number of amides is 1. The number of nitrogens with zero attached hydrogens (tertiary/aromatic N) is 4. The fourth-order valence-corrected chi connectivity index (χ4v) is 3.40. The van der Waals surface area contributed by atoms with Gasteiger partial charge in [-0.25, -0.2) is 0 Å². The summed E-state index contributed by atoms with van der Waals surface area (Å²) in [7, 11) is 0. The fourth-order valence-electron chi connectivity index (χ4n) is 3.40. The Bertz CT molecular complexity index is 589. The minimum absolute atomic E-state index is 0.207. The number of hydrogen-bond donors (Lipinski definition) is 1. The lowest BCUT2D eigenvalue weighted by atomic mass is 10.1. The van der Waals surface area contributed by atoms with Gasteiger partial charge in [-0.05, 0) is 32.4 Å². The van der Waals surface area contributed by atoms with E-state index in [1.165, 1.54) is 4.90 Å². The van der Waals surface area contributed by atoms with Crippen molar-refractivity contribution < 1.29 is 18.0 Å². The topological polar surface area (TPSA) is 53.4 Å². The van der Waals surface area contributed by atoms with E-state index in [4.69, 9.17) is 0 Å². The molecule has 2 aliphatic rings. The summed E-state index contributed by atoms with van der Waals surface area (Å²) in [5, 5.41) is 7.70. The molecular formula is C16H24F3N5O. The lowest BCUT2D eigenvalue weighted by Crippen LogP contribution is -2.54. The Morgan fingerprint density at radius 3 is 2.64 bits per heavy atom. The highest BCUT2D eigenvalue weighted by Crippen LogP contribution is 2.25. The van der Waals surface area contributed by atoms with Gasteiger partial charge >= 0.3 is 6.18 Å². The SMILES string of the molecule is CC(N1CCN(C(=O)c2ccn(C3CCCNC3)n2)CC1)C(F)(F)F. The highest BCUT2D eigenvalue weighted by Gasteiger charge is 2.41. The highest BCUT2D eigenvalue weighted by molar-refractivity contribution is 5.92. The Kier molecular flexibility index (Phi) is 5.33. The van der Waals surface area contributed by atoms with E-state index in [9.17, 15) is 18.0 Å². The number of carbonyl (C=O) groups excluding carboxylic acids is 1. The van der Waals surface area contributed by atoms with Gasteiger partial charge in [0.25, 0.3) is 5.91 Å². The van der Waals surface area contributed by atoms with E-state index in [0.717, 1.165) is 32.9 Å². The van der Waals surface area contributed by atoms with Crippen LogP contribution in [0.4, 0.5) is 13.2 Å². The van der Waals surface area contributed by atoms with Gasteiger partial charge in [-0.15, -0.1) is 0 Å². The first-order valence-corrected chi connectivity index (χ1v) is 8.72. The van der Waals surface area contributed by atoms with Crippen LogP contribution < -0.4 is 5.32 Å². The fraction of sp³-hybridized carbons (Fsp3) is 0.750. The van der Waals surface area contributed by atoms with Gasteiger partial charge < -0.3 is 10.2 Å². The maximum absolute atomic E-state index is 12.8. The first kappa shape index (κ1) is 18.2. The van der Waals surface area contributed by atoms with Crippen molar-refractivity contribution >= 4 is 5.91 Å². The van der Waals surface area contributed by atoms with Gasteiger partial charge in [0, 0.05) is 38.9 Å². The van der Waals surface area contributed by atoms with E-state index in [0.29, 0.717) is 5.69 Å². The van der Waals surface area contributed by atoms with Gasteiger partial charge in [0.1, 0.15) is 11.7 Å². The second-order valence-corrected chi connectivity index (χ2v) is 6.73. The molecule has 1 amide bonds. The lowest BCUT2D eigenvalue weighted by Gasteiger charge is -2.38. The third-order valence-electron chi connectivity index (χ3n) is 5.10. The highest BCUT2D eigenvalue weighted by atomic mass is 19.4. The number of piperidine rings is 1. The molecule has 0 aliphatic carbocycles. The monoisotopic (exact) mass is 359 g/mol. The predicted octanol–water partition coefficient (Wildman–Crippen LogP) is 1.52. The van der Waals surface area contributed by atoms with Crippen molar-refractivity contribution in [2.24, 2.45) is 0 Å². The summed E-state index contributed by atoms with van der Waals surface area (Å²) in [4.78, 5) is 15.5. The number of nitrogens with one attached hydrogen (secondary N) is 1. The molecule has 2 aliphatic heterocycles. The van der Waals surface area contributed by atoms with Crippen LogP contribution in [0.1, 0.15) is 36.3 Å². The maximum Gasteiger partial charge on any atom is 0.403 e. The van der Waals surface area contributed by atoms with Crippen molar-refractivity contribution in [2.45, 2.75) is 38.0 Å². The quantitative estimate of drug-likeness (QED) is 0.889. The molecule has 1 aromatic heterocycles. The van der Waals surface area contributed by atoms with Gasteiger partial charge in [-0.2, -0.15) is 18.3 Å². The summed E-state index contributed by atoms with van der Waals surface area (Å²) >= 11 is 0. The predicted molar refractivity (Wildman–Crippen MR) is 86.4 cm³/mol. The Morgan fingerprint density at radius 1 is 1.32 bits per heavy atom. The van der Waals surface area contributed by atoms with Gasteiger partial charge in [-0.1, -0.05) is 0 Å². The Hall–Kier alpha value is -1.61. The molecule has 2 atom stereocenters. The molecular weight excluding hydrogens is 335 g/mol. The first-order chi connectivity index (χ1) is 11.9. The molecule has 6 nitrogen and oxygen atoms in total. The zero-order chi connectivity index (χ0) is 18.0. The molecule has 0 aromatic carbocycles. The minimum Gasteiger partial charge on any atom is -0.335 e. The maximum atomic E-state index is 12.8. The molecule has 0 spiro atoms. The summed E-state index contributed by atoms with van der Waals surface area (Å²) in [6.07, 6.45) is -0.324. The summed E-state index contributed by atoms with van der Waals surface area (Å²) in [5.41, 5.74) is 0.364. The Labute approximate surface area is 144 Å². The molecule has 25 heavy (non-hydrogen) atoms. The van der Waals surface area contributed by atoms with Gasteiger partial charge in [-0.3, -0.25) is 14.4 Å². The molecule has 3 heterocycles. The van der Waals surface area contributed by atoms with Crippen molar-refractivity contribution in [1.29, 1.82) is 0 Å². The van der Waals surface area contributed by atoms with Crippen molar-refractivity contribution in [3.63, 3.8) is 0 Å². The van der Waals surface area contributed by atoms with Crippen LogP contribution in [0.3, 0.4) is 0 Å². The largest absolute Gasteiger partial charge is 0.403 e. The average molecular weight is 359 g/mol. The number of alkyl halides is 3. The smallest absolute Gasteiger partial charge is 0.335 e. The van der Waals surface area contributed by atoms with Crippen LogP contribution in [0.2, 0.25) is 0 Å². The van der Waals surface area contributed by atoms with Gasteiger partial charge in [0.2, 0.25) is 0 Å². The van der Waals surface area contributed by atoms with Crippen LogP contribution in [0, 0.1) is 0 Å². The molecule has 2 unspecified atom stereocenters. The van der Waals surface area contributed by atoms with Gasteiger partial charge in [0.15, 0.2) is 0 Å². The molecule has 9 heteroatoms. The summed E-state index contributed by atoms with van der Waals surface area (Å²) in [6, 6.07) is 0.462. The molecule has 0 radical (unpaired) electrons. The second-order valence-electron chi connectivity index (χ2n) is 6.73. The van der Waals surface area contributed by atoms with Crippen LogP contribution in [0.25, 0.3) is 0 Å². The molecule has 1 aromatic rings. The molecule has 140 valence electrons. The van der Waals surface area contributed by atoms with E-state index in [2.05, 4.69) is 10.4 Å². The van der Waals surface area contributed by atoms with Crippen molar-refractivity contribution in [3.05, 3.63) is 18.0 Å². The standard InChI is InChI=1S/C16H24F3N5O/c1-12(16(17,18)19)22-7-9-23(10-8-22)15(25)14-4-6-24(21-14)13-3-2-5-20-11-13/h4,6,12-13,20H,2-3,5,7-11H2,1H3. The van der Waals surface area contributed by atoms with Crippen LogP contribution in [0.15, 0.2) is 12.3 Å². The van der Waals surface area contributed by atoms with Crippen LogP contribution in [-0.4, -0.2) is 77.0 Å². The zero-order valence-corrected chi connectivity index (χ0v) is 14.3. The minimum atomic E-state index is -4.24. The molecule has 1 N–H and O–H groups in total. The lowest BCUT2D eigenvalue weighted by molar-refractivity contribution is -0.181. The van der Waals surface area contributed by atoms with Crippen molar-refractivity contribution in [1.82, 2.24) is 24.9 Å². The Balaban J connectivity index is 1.57. The molecule has 0 saturated carbocycles.